The van der Waals surface area contributed by atoms with Gasteiger partial charge in [-0.15, -0.1) is 0 Å². The van der Waals surface area contributed by atoms with Gasteiger partial charge in [-0.25, -0.2) is 9.37 Å². The first-order valence-electron chi connectivity index (χ1n) is 6.61. The SMILES string of the molecule is O=c1[nH]cc(-c2ccccc2)nc1Cc1ccccc1F. The monoisotopic (exact) mass is 280 g/mol. The summed E-state index contributed by atoms with van der Waals surface area (Å²) in [6, 6.07) is 15.9. The second-order valence-corrected chi connectivity index (χ2v) is 4.70. The van der Waals surface area contributed by atoms with Gasteiger partial charge in [0.05, 0.1) is 5.69 Å². The average molecular weight is 280 g/mol. The Morgan fingerprint density at radius 1 is 1.00 bits per heavy atom. The molecule has 3 nitrogen and oxygen atoms in total. The second-order valence-electron chi connectivity index (χ2n) is 4.70. The van der Waals surface area contributed by atoms with Gasteiger partial charge in [-0.05, 0) is 11.6 Å². The zero-order chi connectivity index (χ0) is 14.7. The molecule has 0 saturated heterocycles. The highest BCUT2D eigenvalue weighted by atomic mass is 19.1. The minimum absolute atomic E-state index is 0.169. The minimum Gasteiger partial charge on any atom is -0.325 e. The fraction of sp³-hybridized carbons (Fsp3) is 0.0588. The van der Waals surface area contributed by atoms with Crippen molar-refractivity contribution in [3.63, 3.8) is 0 Å². The lowest BCUT2D eigenvalue weighted by atomic mass is 10.1. The summed E-state index contributed by atoms with van der Waals surface area (Å²) in [5, 5.41) is 0. The van der Waals surface area contributed by atoms with Gasteiger partial charge in [-0.1, -0.05) is 48.5 Å². The third-order valence-corrected chi connectivity index (χ3v) is 3.24. The molecule has 0 amide bonds. The van der Waals surface area contributed by atoms with Crippen LogP contribution in [0.5, 0.6) is 0 Å². The van der Waals surface area contributed by atoms with Gasteiger partial charge in [-0.3, -0.25) is 4.79 Å². The Labute approximate surface area is 121 Å². The lowest BCUT2D eigenvalue weighted by Crippen LogP contribution is -2.16. The number of nitrogens with zero attached hydrogens (tertiary/aromatic N) is 1. The van der Waals surface area contributed by atoms with Crippen molar-refractivity contribution in [2.24, 2.45) is 0 Å². The van der Waals surface area contributed by atoms with E-state index < -0.39 is 0 Å². The van der Waals surface area contributed by atoms with Gasteiger partial charge in [0.25, 0.3) is 5.56 Å². The highest BCUT2D eigenvalue weighted by molar-refractivity contribution is 5.57. The van der Waals surface area contributed by atoms with E-state index in [4.69, 9.17) is 0 Å². The van der Waals surface area contributed by atoms with Crippen LogP contribution < -0.4 is 5.56 Å². The van der Waals surface area contributed by atoms with Crippen LogP contribution in [0.15, 0.2) is 65.6 Å². The largest absolute Gasteiger partial charge is 0.325 e. The number of benzene rings is 2. The highest BCUT2D eigenvalue weighted by Crippen LogP contribution is 2.16. The molecule has 3 rings (SSSR count). The van der Waals surface area contributed by atoms with E-state index in [1.807, 2.05) is 30.3 Å². The minimum atomic E-state index is -0.330. The van der Waals surface area contributed by atoms with Gasteiger partial charge in [0.2, 0.25) is 0 Å². The summed E-state index contributed by atoms with van der Waals surface area (Å²) in [5.41, 5.74) is 2.05. The number of hydrogen-bond donors (Lipinski definition) is 1. The smallest absolute Gasteiger partial charge is 0.270 e. The summed E-state index contributed by atoms with van der Waals surface area (Å²) in [5.74, 6) is -0.330. The Kier molecular flexibility index (Phi) is 3.60. The molecule has 0 atom stereocenters. The topological polar surface area (TPSA) is 45.8 Å². The fourth-order valence-corrected chi connectivity index (χ4v) is 2.14. The Morgan fingerprint density at radius 2 is 1.71 bits per heavy atom. The maximum Gasteiger partial charge on any atom is 0.270 e. The van der Waals surface area contributed by atoms with E-state index in [1.54, 1.807) is 24.4 Å². The lowest BCUT2D eigenvalue weighted by Gasteiger charge is -2.05. The molecule has 2 aromatic carbocycles. The molecule has 0 saturated carbocycles. The molecule has 0 aliphatic carbocycles. The van der Waals surface area contributed by atoms with E-state index in [9.17, 15) is 9.18 Å². The van der Waals surface area contributed by atoms with Gasteiger partial charge in [0, 0.05) is 18.2 Å². The maximum absolute atomic E-state index is 13.7. The van der Waals surface area contributed by atoms with Gasteiger partial charge >= 0.3 is 0 Å². The summed E-state index contributed by atoms with van der Waals surface area (Å²) in [6.07, 6.45) is 1.74. The Balaban J connectivity index is 2.00. The normalized spacial score (nSPS) is 10.5. The van der Waals surface area contributed by atoms with E-state index in [0.717, 1.165) is 5.56 Å². The summed E-state index contributed by atoms with van der Waals surface area (Å²) in [6.45, 7) is 0. The van der Waals surface area contributed by atoms with Crippen LogP contribution in [0.1, 0.15) is 11.3 Å². The molecule has 4 heteroatoms. The van der Waals surface area contributed by atoms with Crippen LogP contribution in [0.25, 0.3) is 11.3 Å². The number of aromatic amines is 1. The summed E-state index contributed by atoms with van der Waals surface area (Å²) in [4.78, 5) is 18.9. The molecule has 0 fully saturated rings. The number of hydrogen-bond acceptors (Lipinski definition) is 2. The predicted octanol–water partition coefficient (Wildman–Crippen LogP) is 3.17. The standard InChI is InChI=1S/C17H13FN2O/c18-14-9-5-4-8-13(14)10-15-17(21)19-11-16(20-15)12-6-2-1-3-7-12/h1-9,11H,10H2,(H,19,21). The zero-order valence-corrected chi connectivity index (χ0v) is 11.2. The van der Waals surface area contributed by atoms with Crippen LogP contribution >= 0.6 is 0 Å². The van der Waals surface area contributed by atoms with Crippen molar-refractivity contribution < 1.29 is 4.39 Å². The van der Waals surface area contributed by atoms with Gasteiger partial charge in [0.15, 0.2) is 0 Å². The maximum atomic E-state index is 13.7. The van der Waals surface area contributed by atoms with Crippen LogP contribution in [0.4, 0.5) is 4.39 Å². The number of halogens is 1. The van der Waals surface area contributed by atoms with Crippen molar-refractivity contribution >= 4 is 0 Å². The molecule has 0 radical (unpaired) electrons. The summed E-state index contributed by atoms with van der Waals surface area (Å²) < 4.78 is 13.7. The van der Waals surface area contributed by atoms with E-state index in [2.05, 4.69) is 9.97 Å². The van der Waals surface area contributed by atoms with Crippen molar-refractivity contribution in [3.05, 3.63) is 88.2 Å². The van der Waals surface area contributed by atoms with E-state index in [-0.39, 0.29) is 17.8 Å². The Hall–Kier alpha value is -2.75. The predicted molar refractivity (Wildman–Crippen MR) is 79.5 cm³/mol. The van der Waals surface area contributed by atoms with Crippen molar-refractivity contribution in [1.82, 2.24) is 9.97 Å². The molecule has 0 spiro atoms. The number of rotatable bonds is 3. The van der Waals surface area contributed by atoms with Crippen molar-refractivity contribution in [1.29, 1.82) is 0 Å². The van der Waals surface area contributed by atoms with Gasteiger partial charge in [0.1, 0.15) is 11.5 Å². The third kappa shape index (κ3) is 2.89. The molecule has 1 heterocycles. The number of nitrogens with one attached hydrogen (secondary N) is 1. The summed E-state index contributed by atoms with van der Waals surface area (Å²) in [7, 11) is 0. The first-order valence-corrected chi connectivity index (χ1v) is 6.61. The first kappa shape index (κ1) is 13.2. The molecular weight excluding hydrogens is 267 g/mol. The van der Waals surface area contributed by atoms with Crippen LogP contribution in [-0.4, -0.2) is 9.97 Å². The quantitative estimate of drug-likeness (QED) is 0.801. The molecule has 1 N–H and O–H groups in total. The molecule has 104 valence electrons. The van der Waals surface area contributed by atoms with Crippen molar-refractivity contribution in [2.45, 2.75) is 6.42 Å². The van der Waals surface area contributed by atoms with Crippen LogP contribution in [-0.2, 0) is 6.42 Å². The molecule has 3 aromatic rings. The molecule has 1 aromatic heterocycles. The number of aromatic nitrogens is 2. The zero-order valence-electron chi connectivity index (χ0n) is 11.2. The van der Waals surface area contributed by atoms with E-state index in [1.165, 1.54) is 6.07 Å². The molecular formula is C17H13FN2O. The second kappa shape index (κ2) is 5.71. The number of H-pyrrole nitrogens is 1. The molecule has 0 aliphatic heterocycles. The Morgan fingerprint density at radius 3 is 2.48 bits per heavy atom. The fourth-order valence-electron chi connectivity index (χ4n) is 2.14. The molecule has 0 unspecified atom stereocenters. The Bertz CT molecular complexity index is 812. The van der Waals surface area contributed by atoms with Gasteiger partial charge < -0.3 is 4.98 Å². The lowest BCUT2D eigenvalue weighted by molar-refractivity contribution is 0.613. The highest BCUT2D eigenvalue weighted by Gasteiger charge is 2.09. The van der Waals surface area contributed by atoms with Crippen molar-refractivity contribution in [3.8, 4) is 11.3 Å². The van der Waals surface area contributed by atoms with Crippen LogP contribution in [0.2, 0.25) is 0 Å². The van der Waals surface area contributed by atoms with E-state index >= 15 is 0 Å². The summed E-state index contributed by atoms with van der Waals surface area (Å²) >= 11 is 0. The van der Waals surface area contributed by atoms with E-state index in [0.29, 0.717) is 17.0 Å². The van der Waals surface area contributed by atoms with Gasteiger partial charge in [-0.2, -0.15) is 0 Å². The first-order chi connectivity index (χ1) is 10.2. The van der Waals surface area contributed by atoms with Crippen molar-refractivity contribution in [2.75, 3.05) is 0 Å². The average Bonchev–Trinajstić information content (AvgIpc) is 2.52. The van der Waals surface area contributed by atoms with Crippen LogP contribution in [0.3, 0.4) is 0 Å². The van der Waals surface area contributed by atoms with Crippen LogP contribution in [0, 0.1) is 5.82 Å². The molecule has 0 bridgehead atoms. The molecule has 21 heavy (non-hydrogen) atoms. The molecule has 0 aliphatic rings. The third-order valence-electron chi connectivity index (χ3n) is 3.24.